The minimum atomic E-state index is -0.162. The molecule has 0 unspecified atom stereocenters. The predicted molar refractivity (Wildman–Crippen MR) is 91.5 cm³/mol. The van der Waals surface area contributed by atoms with E-state index in [-0.39, 0.29) is 5.41 Å². The monoisotopic (exact) mass is 329 g/mol. The zero-order chi connectivity index (χ0) is 16.6. The molecule has 0 radical (unpaired) electrons. The lowest BCUT2D eigenvalue weighted by atomic mass is 9.78. The van der Waals surface area contributed by atoms with Crippen LogP contribution in [0.1, 0.15) is 37.1 Å². The van der Waals surface area contributed by atoms with Crippen molar-refractivity contribution < 1.29 is 9.53 Å². The second kappa shape index (κ2) is 6.45. The topological polar surface area (TPSA) is 45.7 Å². The van der Waals surface area contributed by atoms with E-state index < -0.39 is 0 Å². The molecule has 1 aromatic heterocycles. The summed E-state index contributed by atoms with van der Waals surface area (Å²) < 4.78 is 5.55. The Morgan fingerprint density at radius 1 is 1.33 bits per heavy atom. The Balaban J connectivity index is 1.45. The minimum Gasteiger partial charge on any atom is -0.380 e. The first kappa shape index (κ1) is 16.0. The predicted octanol–water partition coefficient (Wildman–Crippen LogP) is 1.99. The van der Waals surface area contributed by atoms with Gasteiger partial charge in [-0.05, 0) is 51.3 Å². The highest BCUT2D eigenvalue weighted by molar-refractivity contribution is 5.85. The molecule has 3 aliphatic rings. The second-order valence-corrected chi connectivity index (χ2v) is 7.62. The highest BCUT2D eigenvalue weighted by Crippen LogP contribution is 2.41. The summed E-state index contributed by atoms with van der Waals surface area (Å²) in [6.07, 6.45) is 4.26. The molecule has 1 amide bonds. The van der Waals surface area contributed by atoms with E-state index in [1.54, 1.807) is 0 Å². The number of hydrogen-bond donors (Lipinski definition) is 0. The molecule has 3 saturated heterocycles. The van der Waals surface area contributed by atoms with E-state index in [4.69, 9.17) is 4.74 Å². The van der Waals surface area contributed by atoms with Gasteiger partial charge in [0.25, 0.3) is 0 Å². The molecule has 0 aliphatic carbocycles. The van der Waals surface area contributed by atoms with E-state index >= 15 is 0 Å². The highest BCUT2D eigenvalue weighted by Gasteiger charge is 2.49. The first-order valence-corrected chi connectivity index (χ1v) is 9.20. The van der Waals surface area contributed by atoms with Gasteiger partial charge in [-0.25, -0.2) is 0 Å². The number of aromatic nitrogens is 1. The number of piperidine rings is 1. The number of amides is 1. The molecule has 4 heterocycles. The summed E-state index contributed by atoms with van der Waals surface area (Å²) in [5.41, 5.74) is 1.85. The molecule has 3 aliphatic heterocycles. The molecule has 24 heavy (non-hydrogen) atoms. The summed E-state index contributed by atoms with van der Waals surface area (Å²) in [6.45, 7) is 7.24. The molecule has 1 spiro atoms. The number of aryl methyl sites for hydroxylation is 1. The normalized spacial score (nSPS) is 31.3. The van der Waals surface area contributed by atoms with Crippen molar-refractivity contribution in [2.24, 2.45) is 5.41 Å². The SMILES string of the molecule is Cc1cccc(CN2CC[C@]3(CCCN([C@H]4CCOC4)C3)C2=O)n1. The zero-order valence-electron chi connectivity index (χ0n) is 14.5. The van der Waals surface area contributed by atoms with E-state index in [1.165, 1.54) is 0 Å². The van der Waals surface area contributed by atoms with Crippen LogP contribution in [0, 0.1) is 12.3 Å². The lowest BCUT2D eigenvalue weighted by molar-refractivity contribution is -0.139. The van der Waals surface area contributed by atoms with Gasteiger partial charge in [0.05, 0.1) is 24.3 Å². The maximum atomic E-state index is 13.2. The molecule has 2 atom stereocenters. The lowest BCUT2D eigenvalue weighted by Gasteiger charge is -2.41. The van der Waals surface area contributed by atoms with Crippen LogP contribution in [0.15, 0.2) is 18.2 Å². The molecule has 1 aromatic rings. The van der Waals surface area contributed by atoms with Crippen molar-refractivity contribution in [3.05, 3.63) is 29.6 Å². The van der Waals surface area contributed by atoms with Crippen molar-refractivity contribution in [3.63, 3.8) is 0 Å². The van der Waals surface area contributed by atoms with Gasteiger partial charge in [0.15, 0.2) is 0 Å². The fraction of sp³-hybridized carbons (Fsp3) is 0.684. The number of nitrogens with zero attached hydrogens (tertiary/aromatic N) is 3. The third-order valence-corrected chi connectivity index (χ3v) is 5.93. The fourth-order valence-corrected chi connectivity index (χ4v) is 4.59. The Hall–Kier alpha value is -1.46. The number of carbonyl (C=O) groups excluding carboxylic acids is 1. The Labute approximate surface area is 144 Å². The number of carbonyl (C=O) groups is 1. The van der Waals surface area contributed by atoms with Crippen LogP contribution in [0.2, 0.25) is 0 Å². The minimum absolute atomic E-state index is 0.162. The van der Waals surface area contributed by atoms with Gasteiger partial charge in [0.1, 0.15) is 0 Å². The Morgan fingerprint density at radius 3 is 3.04 bits per heavy atom. The molecule has 3 fully saturated rings. The average Bonchev–Trinajstić information content (AvgIpc) is 3.21. The molecule has 0 N–H and O–H groups in total. The fourth-order valence-electron chi connectivity index (χ4n) is 4.59. The average molecular weight is 329 g/mol. The van der Waals surface area contributed by atoms with Gasteiger partial charge in [0, 0.05) is 31.4 Å². The van der Waals surface area contributed by atoms with Crippen LogP contribution in [0.4, 0.5) is 0 Å². The smallest absolute Gasteiger partial charge is 0.230 e. The summed E-state index contributed by atoms with van der Waals surface area (Å²) >= 11 is 0. The third kappa shape index (κ3) is 2.95. The number of rotatable bonds is 3. The van der Waals surface area contributed by atoms with Crippen molar-refractivity contribution in [1.82, 2.24) is 14.8 Å². The molecule has 5 heteroatoms. The summed E-state index contributed by atoms with van der Waals surface area (Å²) in [7, 11) is 0. The summed E-state index contributed by atoms with van der Waals surface area (Å²) in [5, 5.41) is 0. The lowest BCUT2D eigenvalue weighted by Crippen LogP contribution is -2.51. The van der Waals surface area contributed by atoms with Gasteiger partial charge in [-0.15, -0.1) is 0 Å². The summed E-state index contributed by atoms with van der Waals surface area (Å²) in [5.74, 6) is 0.342. The molecule has 0 bridgehead atoms. The maximum absolute atomic E-state index is 13.2. The Morgan fingerprint density at radius 2 is 2.25 bits per heavy atom. The molecule has 0 aromatic carbocycles. The maximum Gasteiger partial charge on any atom is 0.230 e. The largest absolute Gasteiger partial charge is 0.380 e. The van der Waals surface area contributed by atoms with Crippen LogP contribution in [-0.4, -0.2) is 59.6 Å². The molecule has 4 rings (SSSR count). The second-order valence-electron chi connectivity index (χ2n) is 7.62. The van der Waals surface area contributed by atoms with E-state index in [1.807, 2.05) is 30.0 Å². The van der Waals surface area contributed by atoms with Gasteiger partial charge < -0.3 is 9.64 Å². The Bertz CT molecular complexity index is 614. The standard InChI is InChI=1S/C19H27N3O2/c1-15-4-2-5-16(20-15)12-21-10-8-19(18(21)23)7-3-9-22(14-19)17-6-11-24-13-17/h2,4-5,17H,3,6-14H2,1H3/t17-,19-/m0/s1. The number of ether oxygens (including phenoxy) is 1. The number of likely N-dealkylation sites (tertiary alicyclic amines) is 2. The molecule has 5 nitrogen and oxygen atoms in total. The Kier molecular flexibility index (Phi) is 4.31. The molecular weight excluding hydrogens is 302 g/mol. The quantitative estimate of drug-likeness (QED) is 0.851. The van der Waals surface area contributed by atoms with Crippen molar-refractivity contribution in [2.75, 3.05) is 32.8 Å². The van der Waals surface area contributed by atoms with Crippen LogP contribution >= 0.6 is 0 Å². The van der Waals surface area contributed by atoms with E-state index in [2.05, 4.69) is 9.88 Å². The zero-order valence-corrected chi connectivity index (χ0v) is 14.5. The van der Waals surface area contributed by atoms with Crippen molar-refractivity contribution in [3.8, 4) is 0 Å². The molecule has 0 saturated carbocycles. The first-order valence-electron chi connectivity index (χ1n) is 9.20. The van der Waals surface area contributed by atoms with Gasteiger partial charge in [-0.3, -0.25) is 14.7 Å². The van der Waals surface area contributed by atoms with Crippen molar-refractivity contribution >= 4 is 5.91 Å². The molecule has 130 valence electrons. The van der Waals surface area contributed by atoms with Gasteiger partial charge in [0.2, 0.25) is 5.91 Å². The van der Waals surface area contributed by atoms with Crippen molar-refractivity contribution in [2.45, 2.75) is 45.2 Å². The van der Waals surface area contributed by atoms with Gasteiger partial charge in [-0.2, -0.15) is 0 Å². The van der Waals surface area contributed by atoms with Crippen LogP contribution in [-0.2, 0) is 16.1 Å². The third-order valence-electron chi connectivity index (χ3n) is 5.93. The van der Waals surface area contributed by atoms with Crippen molar-refractivity contribution in [1.29, 1.82) is 0 Å². The number of hydrogen-bond acceptors (Lipinski definition) is 4. The van der Waals surface area contributed by atoms with Crippen LogP contribution in [0.5, 0.6) is 0 Å². The van der Waals surface area contributed by atoms with E-state index in [0.29, 0.717) is 18.5 Å². The van der Waals surface area contributed by atoms with Crippen LogP contribution in [0.25, 0.3) is 0 Å². The van der Waals surface area contributed by atoms with Crippen LogP contribution in [0.3, 0.4) is 0 Å². The van der Waals surface area contributed by atoms with Crippen LogP contribution < -0.4 is 0 Å². The van der Waals surface area contributed by atoms with E-state index in [9.17, 15) is 4.79 Å². The van der Waals surface area contributed by atoms with E-state index in [0.717, 1.165) is 69.9 Å². The molecular formula is C19H27N3O2. The first-order chi connectivity index (χ1) is 11.7. The summed E-state index contributed by atoms with van der Waals surface area (Å²) in [6, 6.07) is 6.56. The summed E-state index contributed by atoms with van der Waals surface area (Å²) in [4.78, 5) is 22.3. The highest BCUT2D eigenvalue weighted by atomic mass is 16.5. The van der Waals surface area contributed by atoms with Gasteiger partial charge in [-0.1, -0.05) is 6.07 Å². The van der Waals surface area contributed by atoms with Gasteiger partial charge >= 0.3 is 0 Å². The number of pyridine rings is 1.